The summed E-state index contributed by atoms with van der Waals surface area (Å²) in [5.41, 5.74) is 0.837. The van der Waals surface area contributed by atoms with Crippen molar-refractivity contribution in [1.29, 1.82) is 0 Å². The third-order valence-corrected chi connectivity index (χ3v) is 4.27. The van der Waals surface area contributed by atoms with Crippen LogP contribution in [0.1, 0.15) is 25.8 Å². The van der Waals surface area contributed by atoms with Gasteiger partial charge in [-0.05, 0) is 44.9 Å². The monoisotopic (exact) mass is 287 g/mol. The lowest BCUT2D eigenvalue weighted by molar-refractivity contribution is 0.175. The van der Waals surface area contributed by atoms with E-state index in [1.54, 1.807) is 32.0 Å². The lowest BCUT2D eigenvalue weighted by Crippen LogP contribution is -2.34. The number of rotatable bonds is 6. The molecule has 2 N–H and O–H groups in total. The fourth-order valence-corrected chi connectivity index (χ4v) is 3.39. The molecule has 0 aliphatic heterocycles. The summed E-state index contributed by atoms with van der Waals surface area (Å²) in [6.07, 6.45) is -0.204. The van der Waals surface area contributed by atoms with Crippen molar-refractivity contribution < 1.29 is 18.3 Å². The van der Waals surface area contributed by atoms with Crippen molar-refractivity contribution in [3.05, 3.63) is 23.8 Å². The molecule has 1 aromatic carbocycles. The number of hydrogen-bond acceptors (Lipinski definition) is 4. The Morgan fingerprint density at radius 3 is 2.53 bits per heavy atom. The first-order chi connectivity index (χ1) is 8.76. The zero-order chi connectivity index (χ0) is 14.6. The first kappa shape index (κ1) is 15.9. The molecule has 0 aliphatic rings. The van der Waals surface area contributed by atoms with Gasteiger partial charge in [-0.15, -0.1) is 0 Å². The van der Waals surface area contributed by atoms with Crippen LogP contribution < -0.4 is 9.46 Å². The van der Waals surface area contributed by atoms with E-state index >= 15 is 0 Å². The molecule has 108 valence electrons. The van der Waals surface area contributed by atoms with Gasteiger partial charge < -0.3 is 9.84 Å². The molecule has 2 atom stereocenters. The highest BCUT2D eigenvalue weighted by Crippen LogP contribution is 2.24. The summed E-state index contributed by atoms with van der Waals surface area (Å²) in [5.74, 6) is 0.308. The normalized spacial score (nSPS) is 15.0. The van der Waals surface area contributed by atoms with Gasteiger partial charge in [0.15, 0.2) is 0 Å². The Morgan fingerprint density at radius 1 is 1.37 bits per heavy atom. The number of nitrogens with one attached hydrogen (secondary N) is 1. The Bertz CT molecular complexity index is 525. The van der Waals surface area contributed by atoms with Crippen molar-refractivity contribution in [2.24, 2.45) is 0 Å². The molecule has 0 aromatic heterocycles. The Kier molecular flexibility index (Phi) is 5.34. The molecule has 0 radical (unpaired) electrons. The predicted molar refractivity (Wildman–Crippen MR) is 73.8 cm³/mol. The summed E-state index contributed by atoms with van der Waals surface area (Å²) in [5, 5.41) is 9.28. The summed E-state index contributed by atoms with van der Waals surface area (Å²) in [4.78, 5) is 0.118. The molecular formula is C13H21NO4S. The molecule has 0 saturated carbocycles. The molecule has 1 aromatic rings. The predicted octanol–water partition coefficient (Wildman–Crippen LogP) is 1.44. The van der Waals surface area contributed by atoms with E-state index in [1.165, 1.54) is 7.11 Å². The number of ether oxygens (including phenoxy) is 1. The van der Waals surface area contributed by atoms with Gasteiger partial charge in [-0.25, -0.2) is 13.1 Å². The van der Waals surface area contributed by atoms with Crippen LogP contribution in [0.2, 0.25) is 0 Å². The van der Waals surface area contributed by atoms with Crippen LogP contribution in [0.4, 0.5) is 0 Å². The lowest BCUT2D eigenvalue weighted by Gasteiger charge is -2.17. The van der Waals surface area contributed by atoms with E-state index in [4.69, 9.17) is 4.74 Å². The van der Waals surface area contributed by atoms with Gasteiger partial charge in [0.2, 0.25) is 10.0 Å². The summed E-state index contributed by atoms with van der Waals surface area (Å²) in [7, 11) is -2.22. The van der Waals surface area contributed by atoms with Crippen LogP contribution in [0.5, 0.6) is 5.75 Å². The minimum absolute atomic E-state index is 0.118. The van der Waals surface area contributed by atoms with Crippen LogP contribution in [0, 0.1) is 6.92 Å². The maximum Gasteiger partial charge on any atom is 0.244 e. The summed E-state index contributed by atoms with van der Waals surface area (Å²) in [6.45, 7) is 5.16. The van der Waals surface area contributed by atoms with E-state index in [0.29, 0.717) is 12.2 Å². The number of benzene rings is 1. The van der Waals surface area contributed by atoms with E-state index in [0.717, 1.165) is 5.56 Å². The van der Waals surface area contributed by atoms with Crippen LogP contribution >= 0.6 is 0 Å². The quantitative estimate of drug-likeness (QED) is 0.830. The molecule has 19 heavy (non-hydrogen) atoms. The number of aryl methyl sites for hydroxylation is 1. The van der Waals surface area contributed by atoms with Crippen molar-refractivity contribution in [2.75, 3.05) is 7.11 Å². The zero-order valence-corrected chi connectivity index (χ0v) is 12.5. The minimum Gasteiger partial charge on any atom is -0.495 e. The molecule has 2 unspecified atom stereocenters. The fraction of sp³-hybridized carbons (Fsp3) is 0.538. The van der Waals surface area contributed by atoms with Gasteiger partial charge in [-0.2, -0.15) is 0 Å². The van der Waals surface area contributed by atoms with Gasteiger partial charge in [0.1, 0.15) is 10.6 Å². The van der Waals surface area contributed by atoms with E-state index < -0.39 is 16.1 Å². The molecule has 0 heterocycles. The second kappa shape index (κ2) is 6.36. The first-order valence-electron chi connectivity index (χ1n) is 6.11. The molecule has 0 aliphatic carbocycles. The van der Waals surface area contributed by atoms with Gasteiger partial charge in [-0.1, -0.05) is 6.07 Å². The van der Waals surface area contributed by atoms with E-state index in [2.05, 4.69) is 4.72 Å². The van der Waals surface area contributed by atoms with E-state index in [9.17, 15) is 13.5 Å². The van der Waals surface area contributed by atoms with Crippen molar-refractivity contribution in [1.82, 2.24) is 4.72 Å². The van der Waals surface area contributed by atoms with Gasteiger partial charge in [0.05, 0.1) is 13.2 Å². The lowest BCUT2D eigenvalue weighted by atomic mass is 10.2. The van der Waals surface area contributed by atoms with Crippen LogP contribution in [0.25, 0.3) is 0 Å². The molecule has 0 fully saturated rings. The maximum absolute atomic E-state index is 12.3. The smallest absolute Gasteiger partial charge is 0.244 e. The molecule has 0 spiro atoms. The van der Waals surface area contributed by atoms with Crippen molar-refractivity contribution in [3.63, 3.8) is 0 Å². The third-order valence-electron chi connectivity index (χ3n) is 2.66. The molecule has 1 rings (SSSR count). The number of sulfonamides is 1. The summed E-state index contributed by atoms with van der Waals surface area (Å²) >= 11 is 0. The zero-order valence-electron chi connectivity index (χ0n) is 11.7. The molecule has 0 bridgehead atoms. The van der Waals surface area contributed by atoms with Crippen LogP contribution in [0.15, 0.2) is 23.1 Å². The van der Waals surface area contributed by atoms with E-state index in [1.807, 2.05) is 6.92 Å². The van der Waals surface area contributed by atoms with Crippen LogP contribution in [-0.4, -0.2) is 32.8 Å². The Labute approximate surface area is 114 Å². The van der Waals surface area contributed by atoms with Crippen molar-refractivity contribution in [2.45, 2.75) is 44.2 Å². The highest BCUT2D eigenvalue weighted by molar-refractivity contribution is 7.89. The molecule has 5 nitrogen and oxygen atoms in total. The van der Waals surface area contributed by atoms with Crippen molar-refractivity contribution in [3.8, 4) is 5.75 Å². The largest absolute Gasteiger partial charge is 0.495 e. The number of hydrogen-bond donors (Lipinski definition) is 2. The highest BCUT2D eigenvalue weighted by atomic mass is 32.2. The van der Waals surface area contributed by atoms with Crippen molar-refractivity contribution >= 4 is 10.0 Å². The second-order valence-electron chi connectivity index (χ2n) is 4.76. The van der Waals surface area contributed by atoms with Crippen LogP contribution in [-0.2, 0) is 10.0 Å². The Morgan fingerprint density at radius 2 is 2.00 bits per heavy atom. The van der Waals surface area contributed by atoms with Gasteiger partial charge in [0.25, 0.3) is 0 Å². The van der Waals surface area contributed by atoms with Gasteiger partial charge >= 0.3 is 0 Å². The Hall–Kier alpha value is -1.11. The summed E-state index contributed by atoms with van der Waals surface area (Å²) in [6, 6.07) is 4.63. The highest BCUT2D eigenvalue weighted by Gasteiger charge is 2.22. The number of methoxy groups -OCH3 is 1. The minimum atomic E-state index is -3.66. The van der Waals surface area contributed by atoms with E-state index in [-0.39, 0.29) is 10.9 Å². The topological polar surface area (TPSA) is 75.6 Å². The second-order valence-corrected chi connectivity index (χ2v) is 6.44. The number of aliphatic hydroxyl groups is 1. The average molecular weight is 287 g/mol. The SMILES string of the molecule is COc1ccc(C)cc1S(=O)(=O)NC(C)CC(C)O. The van der Waals surface area contributed by atoms with Gasteiger partial charge in [0, 0.05) is 6.04 Å². The standard InChI is InChI=1S/C13H21NO4S/c1-9-5-6-12(18-4)13(7-9)19(16,17)14-10(2)8-11(3)15/h5-7,10-11,14-15H,8H2,1-4H3. The molecular weight excluding hydrogens is 266 g/mol. The fourth-order valence-electron chi connectivity index (χ4n) is 1.88. The molecule has 0 amide bonds. The molecule has 0 saturated heterocycles. The van der Waals surface area contributed by atoms with Crippen LogP contribution in [0.3, 0.4) is 0 Å². The summed E-state index contributed by atoms with van der Waals surface area (Å²) < 4.78 is 32.2. The first-order valence-corrected chi connectivity index (χ1v) is 7.59. The maximum atomic E-state index is 12.3. The molecule has 6 heteroatoms. The van der Waals surface area contributed by atoms with Gasteiger partial charge in [-0.3, -0.25) is 0 Å². The third kappa shape index (κ3) is 4.49. The number of aliphatic hydroxyl groups excluding tert-OH is 1. The average Bonchev–Trinajstić information content (AvgIpc) is 2.26. The Balaban J connectivity index is 3.03.